The van der Waals surface area contributed by atoms with Crippen molar-refractivity contribution in [2.75, 3.05) is 10.6 Å². The van der Waals surface area contributed by atoms with Crippen molar-refractivity contribution in [2.24, 2.45) is 0 Å². The zero-order valence-corrected chi connectivity index (χ0v) is 13.6. The van der Waals surface area contributed by atoms with Crippen LogP contribution in [0, 0.1) is 0 Å². The fourth-order valence-electron chi connectivity index (χ4n) is 2.61. The van der Waals surface area contributed by atoms with Crippen molar-refractivity contribution >= 4 is 34.7 Å². The number of benzene rings is 1. The number of carbonyl (C=O) groups is 1. The number of carbonyl (C=O) groups excluding carboxylic acids is 1. The molecular formula is C17H13ClF2N4O. The van der Waals surface area contributed by atoms with Gasteiger partial charge in [0, 0.05) is 16.4 Å². The Kier molecular flexibility index (Phi) is 3.80. The van der Waals surface area contributed by atoms with E-state index < -0.39 is 12.3 Å². The number of aromatic nitrogens is 2. The summed E-state index contributed by atoms with van der Waals surface area (Å²) in [6.45, 7) is 0. The van der Waals surface area contributed by atoms with Crippen LogP contribution in [-0.2, 0) is 0 Å². The van der Waals surface area contributed by atoms with Gasteiger partial charge in [0.05, 0.1) is 6.20 Å². The highest BCUT2D eigenvalue weighted by molar-refractivity contribution is 6.30. The standard InChI is InChI=1S/C17H13ClF2N4O/c18-10-3-5-11(6-4-10)22-17(25)12-8-21-24-14(15(19)20)7-13(9-1-2-9)23-16(12)24/h3-8,15,23H,1-2H2,(H,22,25). The summed E-state index contributed by atoms with van der Waals surface area (Å²) in [5.41, 5.74) is 2.20. The molecule has 0 atom stereocenters. The third-order valence-corrected chi connectivity index (χ3v) is 4.26. The number of halogens is 3. The lowest BCUT2D eigenvalue weighted by atomic mass is 10.2. The van der Waals surface area contributed by atoms with E-state index in [-0.39, 0.29) is 17.1 Å². The smallest absolute Gasteiger partial charge is 0.280 e. The number of anilines is 2. The number of nitrogens with zero attached hydrogens (tertiary/aromatic N) is 2. The zero-order valence-electron chi connectivity index (χ0n) is 12.9. The molecule has 0 radical (unpaired) electrons. The van der Waals surface area contributed by atoms with Gasteiger partial charge in [-0.2, -0.15) is 5.10 Å². The van der Waals surface area contributed by atoms with E-state index >= 15 is 0 Å². The van der Waals surface area contributed by atoms with Crippen LogP contribution in [0.4, 0.5) is 20.3 Å². The first-order valence-corrected chi connectivity index (χ1v) is 8.05. The monoisotopic (exact) mass is 362 g/mol. The molecule has 1 aliphatic heterocycles. The highest BCUT2D eigenvalue weighted by atomic mass is 35.5. The molecular weight excluding hydrogens is 350 g/mol. The molecule has 1 aliphatic carbocycles. The summed E-state index contributed by atoms with van der Waals surface area (Å²) in [5, 5.41) is 10.3. The van der Waals surface area contributed by atoms with Crippen molar-refractivity contribution in [3.63, 3.8) is 0 Å². The van der Waals surface area contributed by atoms with Crippen LogP contribution in [-0.4, -0.2) is 22.1 Å². The second-order valence-corrected chi connectivity index (χ2v) is 6.23. The average molecular weight is 363 g/mol. The molecule has 0 bridgehead atoms. The van der Waals surface area contributed by atoms with Crippen molar-refractivity contribution in [1.29, 1.82) is 0 Å². The van der Waals surface area contributed by atoms with Crippen molar-refractivity contribution in [1.82, 2.24) is 9.78 Å². The Morgan fingerprint density at radius 2 is 2.00 bits per heavy atom. The van der Waals surface area contributed by atoms with Gasteiger partial charge in [-0.1, -0.05) is 11.6 Å². The maximum absolute atomic E-state index is 13.4. The molecule has 1 fully saturated rings. The van der Waals surface area contributed by atoms with Crippen molar-refractivity contribution < 1.29 is 13.6 Å². The zero-order chi connectivity index (χ0) is 17.6. The first-order valence-electron chi connectivity index (χ1n) is 7.67. The van der Waals surface area contributed by atoms with Gasteiger partial charge in [0.25, 0.3) is 12.3 Å². The predicted molar refractivity (Wildman–Crippen MR) is 91.8 cm³/mol. The Balaban J connectivity index is 1.67. The number of alkyl halides is 2. The van der Waals surface area contributed by atoms with E-state index in [1.165, 1.54) is 12.3 Å². The van der Waals surface area contributed by atoms with Gasteiger partial charge in [0.1, 0.15) is 17.1 Å². The third-order valence-electron chi connectivity index (χ3n) is 4.01. The molecule has 0 spiro atoms. The van der Waals surface area contributed by atoms with Crippen LogP contribution < -0.4 is 10.6 Å². The Labute approximate surface area is 147 Å². The van der Waals surface area contributed by atoms with Crippen LogP contribution in [0.1, 0.15) is 23.2 Å². The Morgan fingerprint density at radius 1 is 1.28 bits per heavy atom. The summed E-state index contributed by atoms with van der Waals surface area (Å²) in [7, 11) is 0. The normalized spacial score (nSPS) is 15.6. The van der Waals surface area contributed by atoms with Crippen LogP contribution in [0.25, 0.3) is 5.70 Å². The molecule has 1 amide bonds. The molecule has 4 rings (SSSR count). The molecule has 5 nitrogen and oxygen atoms in total. The van der Waals surface area contributed by atoms with E-state index in [9.17, 15) is 13.6 Å². The average Bonchev–Trinajstić information content (AvgIpc) is 3.35. The molecule has 1 aromatic heterocycles. The fourth-order valence-corrected chi connectivity index (χ4v) is 2.74. The quantitative estimate of drug-likeness (QED) is 0.852. The Bertz CT molecular complexity index is 909. The summed E-state index contributed by atoms with van der Waals surface area (Å²) in [6, 6.07) is 6.61. The molecule has 0 unspecified atom stereocenters. The summed E-state index contributed by atoms with van der Waals surface area (Å²) in [6.07, 6.45) is 1.73. The predicted octanol–water partition coefficient (Wildman–Crippen LogP) is 4.37. The Hall–Kier alpha value is -2.67. The molecule has 25 heavy (non-hydrogen) atoms. The van der Waals surface area contributed by atoms with E-state index in [0.717, 1.165) is 23.1 Å². The maximum Gasteiger partial charge on any atom is 0.280 e. The SMILES string of the molecule is O=C(Nc1ccc(Cl)cc1)c1cnn2c1NC(=C1CC1)C=C2C(F)F. The van der Waals surface area contributed by atoms with Crippen molar-refractivity contribution in [2.45, 2.75) is 19.3 Å². The highest BCUT2D eigenvalue weighted by Gasteiger charge is 2.30. The summed E-state index contributed by atoms with van der Waals surface area (Å²) < 4.78 is 27.8. The van der Waals surface area contributed by atoms with Crippen LogP contribution in [0.15, 0.2) is 47.8 Å². The van der Waals surface area contributed by atoms with E-state index in [2.05, 4.69) is 15.7 Å². The van der Waals surface area contributed by atoms with Gasteiger partial charge in [-0.3, -0.25) is 4.79 Å². The first kappa shape index (κ1) is 15.8. The van der Waals surface area contributed by atoms with Crippen LogP contribution in [0.2, 0.25) is 5.02 Å². The van der Waals surface area contributed by atoms with Gasteiger partial charge < -0.3 is 10.6 Å². The van der Waals surface area contributed by atoms with Gasteiger partial charge in [0.15, 0.2) is 0 Å². The maximum atomic E-state index is 13.4. The first-order chi connectivity index (χ1) is 12.0. The number of allylic oxidation sites excluding steroid dienone is 3. The van der Waals surface area contributed by atoms with Crippen LogP contribution >= 0.6 is 11.6 Å². The highest BCUT2D eigenvalue weighted by Crippen LogP contribution is 2.38. The number of hydrogen-bond acceptors (Lipinski definition) is 3. The minimum atomic E-state index is -2.69. The van der Waals surface area contributed by atoms with Crippen molar-refractivity contribution in [3.8, 4) is 0 Å². The fraction of sp³-hybridized carbons (Fsp3) is 0.176. The number of amides is 1. The lowest BCUT2D eigenvalue weighted by molar-refractivity contribution is 0.102. The summed E-state index contributed by atoms with van der Waals surface area (Å²) in [5.74, 6) is -0.189. The molecule has 128 valence electrons. The molecule has 2 N–H and O–H groups in total. The Morgan fingerprint density at radius 3 is 2.64 bits per heavy atom. The largest absolute Gasteiger partial charge is 0.339 e. The lowest BCUT2D eigenvalue weighted by Crippen LogP contribution is -2.20. The van der Waals surface area contributed by atoms with Crippen LogP contribution in [0.3, 0.4) is 0 Å². The minimum absolute atomic E-state index is 0.194. The minimum Gasteiger partial charge on any atom is -0.339 e. The molecule has 2 aromatic rings. The van der Waals surface area contributed by atoms with Gasteiger partial charge in [-0.05, 0) is 48.8 Å². The molecule has 2 heterocycles. The van der Waals surface area contributed by atoms with Crippen molar-refractivity contribution in [3.05, 3.63) is 58.4 Å². The molecule has 8 heteroatoms. The topological polar surface area (TPSA) is 59.0 Å². The molecule has 1 aromatic carbocycles. The number of nitrogens with one attached hydrogen (secondary N) is 2. The summed E-state index contributed by atoms with van der Waals surface area (Å²) >= 11 is 5.82. The van der Waals surface area contributed by atoms with Gasteiger partial charge in [0.2, 0.25) is 0 Å². The van der Waals surface area contributed by atoms with E-state index in [4.69, 9.17) is 11.6 Å². The van der Waals surface area contributed by atoms with Gasteiger partial charge in [-0.25, -0.2) is 13.5 Å². The lowest BCUT2D eigenvalue weighted by Gasteiger charge is -2.20. The molecule has 1 saturated carbocycles. The van der Waals surface area contributed by atoms with E-state index in [1.54, 1.807) is 24.3 Å². The second-order valence-electron chi connectivity index (χ2n) is 5.79. The van der Waals surface area contributed by atoms with Crippen LogP contribution in [0.5, 0.6) is 0 Å². The summed E-state index contributed by atoms with van der Waals surface area (Å²) in [4.78, 5) is 12.5. The molecule has 2 aliphatic rings. The second kappa shape index (κ2) is 6.00. The van der Waals surface area contributed by atoms with Gasteiger partial charge in [-0.15, -0.1) is 0 Å². The van der Waals surface area contributed by atoms with E-state index in [0.29, 0.717) is 16.4 Å². The molecule has 0 saturated heterocycles. The third kappa shape index (κ3) is 3.02. The van der Waals surface area contributed by atoms with E-state index in [1.807, 2.05) is 0 Å². The number of rotatable bonds is 3. The number of hydrogen-bond donors (Lipinski definition) is 2. The van der Waals surface area contributed by atoms with Gasteiger partial charge >= 0.3 is 0 Å². The number of fused-ring (bicyclic) bond motifs is 1.